The minimum atomic E-state index is -3.56. The van der Waals surface area contributed by atoms with Crippen molar-refractivity contribution in [2.75, 3.05) is 6.54 Å². The molecule has 3 rings (SSSR count). The maximum Gasteiger partial charge on any atom is 0.240 e. The molecule has 0 fully saturated rings. The molecule has 5 nitrogen and oxygen atoms in total. The monoisotopic (exact) mass is 514 g/mol. The zero-order chi connectivity index (χ0) is 23.0. The molecule has 0 aliphatic rings. The van der Waals surface area contributed by atoms with Gasteiger partial charge in [0.25, 0.3) is 0 Å². The van der Waals surface area contributed by atoms with Crippen molar-refractivity contribution in [3.05, 3.63) is 100 Å². The van der Waals surface area contributed by atoms with Crippen LogP contribution in [0.3, 0.4) is 0 Å². The van der Waals surface area contributed by atoms with E-state index in [9.17, 15) is 13.2 Å². The lowest BCUT2D eigenvalue weighted by Crippen LogP contribution is -2.27. The van der Waals surface area contributed by atoms with E-state index in [0.29, 0.717) is 25.8 Å². The first-order valence-electron chi connectivity index (χ1n) is 10.5. The minimum absolute atomic E-state index is 0.0419. The molecule has 1 unspecified atom stereocenters. The summed E-state index contributed by atoms with van der Waals surface area (Å²) in [5.41, 5.74) is 3.04. The normalized spacial score (nSPS) is 12.3. The van der Waals surface area contributed by atoms with E-state index in [-0.39, 0.29) is 16.8 Å². The molecule has 0 aliphatic heterocycles. The van der Waals surface area contributed by atoms with E-state index < -0.39 is 10.0 Å². The zero-order valence-corrected chi connectivity index (χ0v) is 20.3. The molecule has 2 N–H and O–H groups in total. The standard InChI is InChI=1S/C25H27BrN2O3S/c1-19(22-10-12-23(26)13-11-22)28-25(29)16-9-21-7-14-24(15-8-21)32(30,31)27-18-17-20-5-3-2-4-6-20/h2-8,10-15,19,27H,9,16-18H2,1H3,(H,28,29). The highest BCUT2D eigenvalue weighted by Gasteiger charge is 2.14. The van der Waals surface area contributed by atoms with E-state index in [4.69, 9.17) is 0 Å². The average Bonchev–Trinajstić information content (AvgIpc) is 2.79. The number of rotatable bonds is 10. The van der Waals surface area contributed by atoms with Crippen LogP contribution in [0.4, 0.5) is 0 Å². The molecular formula is C25H27BrN2O3S. The van der Waals surface area contributed by atoms with Crippen molar-refractivity contribution >= 4 is 31.9 Å². The number of nitrogens with one attached hydrogen (secondary N) is 2. The summed E-state index contributed by atoms with van der Waals surface area (Å²) >= 11 is 3.41. The SMILES string of the molecule is CC(NC(=O)CCc1ccc(S(=O)(=O)NCCc2ccccc2)cc1)c1ccc(Br)cc1. The molecule has 3 aromatic carbocycles. The summed E-state index contributed by atoms with van der Waals surface area (Å²) in [6.45, 7) is 2.29. The molecule has 0 heterocycles. The van der Waals surface area contributed by atoms with Gasteiger partial charge >= 0.3 is 0 Å². The summed E-state index contributed by atoms with van der Waals surface area (Å²) in [6, 6.07) is 24.2. The molecule has 3 aromatic rings. The molecule has 1 atom stereocenters. The molecule has 0 aliphatic carbocycles. The van der Waals surface area contributed by atoms with Gasteiger partial charge in [-0.1, -0.05) is 70.5 Å². The number of halogens is 1. The van der Waals surface area contributed by atoms with E-state index in [2.05, 4.69) is 26.0 Å². The lowest BCUT2D eigenvalue weighted by Gasteiger charge is -2.14. The molecule has 32 heavy (non-hydrogen) atoms. The molecule has 0 saturated heterocycles. The Kier molecular flexibility index (Phi) is 8.61. The Morgan fingerprint density at radius 2 is 1.50 bits per heavy atom. The number of sulfonamides is 1. The van der Waals surface area contributed by atoms with Crippen molar-refractivity contribution in [1.82, 2.24) is 10.0 Å². The van der Waals surface area contributed by atoms with Crippen LogP contribution in [0.1, 0.15) is 36.1 Å². The maximum atomic E-state index is 12.5. The molecule has 0 bridgehead atoms. The minimum Gasteiger partial charge on any atom is -0.350 e. The second-order valence-corrected chi connectivity index (χ2v) is 10.3. The van der Waals surface area contributed by atoms with Gasteiger partial charge in [0.05, 0.1) is 10.9 Å². The number of hydrogen-bond acceptors (Lipinski definition) is 3. The van der Waals surface area contributed by atoms with Crippen LogP contribution in [0.5, 0.6) is 0 Å². The van der Waals surface area contributed by atoms with E-state index in [0.717, 1.165) is 21.2 Å². The Morgan fingerprint density at radius 1 is 0.875 bits per heavy atom. The van der Waals surface area contributed by atoms with Crippen LogP contribution < -0.4 is 10.0 Å². The highest BCUT2D eigenvalue weighted by molar-refractivity contribution is 9.10. The van der Waals surface area contributed by atoms with Crippen molar-refractivity contribution in [1.29, 1.82) is 0 Å². The highest BCUT2D eigenvalue weighted by atomic mass is 79.9. The van der Waals surface area contributed by atoms with Crippen molar-refractivity contribution < 1.29 is 13.2 Å². The number of hydrogen-bond donors (Lipinski definition) is 2. The lowest BCUT2D eigenvalue weighted by atomic mass is 10.1. The average molecular weight is 515 g/mol. The summed E-state index contributed by atoms with van der Waals surface area (Å²) in [6.07, 6.45) is 1.51. The van der Waals surface area contributed by atoms with Crippen LogP contribution in [-0.2, 0) is 27.7 Å². The van der Waals surface area contributed by atoms with Gasteiger partial charge in [-0.3, -0.25) is 4.79 Å². The fourth-order valence-electron chi connectivity index (χ4n) is 3.30. The van der Waals surface area contributed by atoms with Gasteiger partial charge < -0.3 is 5.32 Å². The third-order valence-electron chi connectivity index (χ3n) is 5.17. The van der Waals surface area contributed by atoms with Gasteiger partial charge in [-0.15, -0.1) is 0 Å². The molecular weight excluding hydrogens is 488 g/mol. The highest BCUT2D eigenvalue weighted by Crippen LogP contribution is 2.17. The Hall–Kier alpha value is -2.48. The first-order chi connectivity index (χ1) is 15.3. The second-order valence-electron chi connectivity index (χ2n) is 7.62. The van der Waals surface area contributed by atoms with Crippen LogP contribution in [0, 0.1) is 0 Å². The van der Waals surface area contributed by atoms with Crippen LogP contribution in [0.2, 0.25) is 0 Å². The first-order valence-corrected chi connectivity index (χ1v) is 12.8. The Balaban J connectivity index is 1.47. The van der Waals surface area contributed by atoms with Crippen molar-refractivity contribution in [2.24, 2.45) is 0 Å². The van der Waals surface area contributed by atoms with Gasteiger partial charge in [0, 0.05) is 17.4 Å². The van der Waals surface area contributed by atoms with Crippen LogP contribution in [0.25, 0.3) is 0 Å². The molecule has 1 amide bonds. The van der Waals surface area contributed by atoms with Crippen LogP contribution in [-0.4, -0.2) is 20.9 Å². The Labute approximate surface area is 198 Å². The van der Waals surface area contributed by atoms with Crippen molar-refractivity contribution in [2.45, 2.75) is 37.1 Å². The molecule has 0 aromatic heterocycles. The number of benzene rings is 3. The van der Waals surface area contributed by atoms with Gasteiger partial charge in [-0.05, 0) is 60.7 Å². The molecule has 0 saturated carbocycles. The lowest BCUT2D eigenvalue weighted by molar-refractivity contribution is -0.121. The summed E-state index contributed by atoms with van der Waals surface area (Å²) in [4.78, 5) is 12.5. The molecule has 168 valence electrons. The van der Waals surface area contributed by atoms with E-state index >= 15 is 0 Å². The third-order valence-corrected chi connectivity index (χ3v) is 7.18. The molecule has 7 heteroatoms. The summed E-state index contributed by atoms with van der Waals surface area (Å²) in [5.74, 6) is -0.0419. The van der Waals surface area contributed by atoms with Crippen LogP contribution in [0.15, 0.2) is 88.2 Å². The van der Waals surface area contributed by atoms with Crippen LogP contribution >= 0.6 is 15.9 Å². The zero-order valence-electron chi connectivity index (χ0n) is 17.9. The quantitative estimate of drug-likeness (QED) is 0.408. The topological polar surface area (TPSA) is 75.3 Å². The van der Waals surface area contributed by atoms with Gasteiger partial charge in [0.1, 0.15) is 0 Å². The Bertz CT molecular complexity index is 1120. The predicted molar refractivity (Wildman–Crippen MR) is 131 cm³/mol. The molecule has 0 radical (unpaired) electrons. The van der Waals surface area contributed by atoms with E-state index in [1.807, 2.05) is 61.5 Å². The van der Waals surface area contributed by atoms with Crippen molar-refractivity contribution in [3.63, 3.8) is 0 Å². The third kappa shape index (κ3) is 7.29. The Morgan fingerprint density at radius 3 is 2.16 bits per heavy atom. The summed E-state index contributed by atoms with van der Waals surface area (Å²) in [7, 11) is -3.56. The van der Waals surface area contributed by atoms with E-state index in [1.165, 1.54) is 0 Å². The van der Waals surface area contributed by atoms with Gasteiger partial charge in [-0.25, -0.2) is 13.1 Å². The van der Waals surface area contributed by atoms with Crippen molar-refractivity contribution in [3.8, 4) is 0 Å². The fourth-order valence-corrected chi connectivity index (χ4v) is 4.60. The number of aryl methyl sites for hydroxylation is 1. The van der Waals surface area contributed by atoms with Gasteiger partial charge in [-0.2, -0.15) is 0 Å². The number of carbonyl (C=O) groups is 1. The first kappa shape index (κ1) is 24.2. The fraction of sp³-hybridized carbons (Fsp3) is 0.240. The predicted octanol–water partition coefficient (Wildman–Crippen LogP) is 4.78. The second kappa shape index (κ2) is 11.4. The summed E-state index contributed by atoms with van der Waals surface area (Å²) < 4.78 is 28.6. The summed E-state index contributed by atoms with van der Waals surface area (Å²) in [5, 5.41) is 3.00. The number of carbonyl (C=O) groups excluding carboxylic acids is 1. The van der Waals surface area contributed by atoms with Gasteiger partial charge in [0.2, 0.25) is 15.9 Å². The largest absolute Gasteiger partial charge is 0.350 e. The number of amides is 1. The smallest absolute Gasteiger partial charge is 0.240 e. The van der Waals surface area contributed by atoms with E-state index in [1.54, 1.807) is 24.3 Å². The maximum absolute atomic E-state index is 12.5. The molecule has 0 spiro atoms. The van der Waals surface area contributed by atoms with Gasteiger partial charge in [0.15, 0.2) is 0 Å².